The van der Waals surface area contributed by atoms with Crippen molar-refractivity contribution < 1.29 is 24.8 Å². The van der Waals surface area contributed by atoms with Crippen LogP contribution in [0.2, 0.25) is 0 Å². The van der Waals surface area contributed by atoms with Gasteiger partial charge in [-0.15, -0.1) is 0 Å². The molecule has 0 aliphatic carbocycles. The van der Waals surface area contributed by atoms with Gasteiger partial charge in [-0.2, -0.15) is 0 Å². The van der Waals surface area contributed by atoms with Gasteiger partial charge < -0.3 is 24.8 Å². The monoisotopic (exact) mass is 298 g/mol. The fourth-order valence-electron chi connectivity index (χ4n) is 2.96. The number of fused-ring (bicyclic) bond motifs is 3. The average molecular weight is 298 g/mol. The summed E-state index contributed by atoms with van der Waals surface area (Å²) in [7, 11) is 0. The minimum Gasteiger partial charge on any atom is -0.508 e. The van der Waals surface area contributed by atoms with Crippen molar-refractivity contribution in [1.82, 2.24) is 0 Å². The van der Waals surface area contributed by atoms with Crippen LogP contribution in [0.5, 0.6) is 23.0 Å². The number of phenols is 3. The summed E-state index contributed by atoms with van der Waals surface area (Å²) in [5, 5.41) is 29.1. The van der Waals surface area contributed by atoms with E-state index >= 15 is 0 Å². The lowest BCUT2D eigenvalue weighted by Crippen LogP contribution is -2.32. The lowest BCUT2D eigenvalue weighted by Gasteiger charge is -2.37. The molecule has 0 radical (unpaired) electrons. The molecular weight excluding hydrogens is 284 g/mol. The van der Waals surface area contributed by atoms with Gasteiger partial charge in [-0.25, -0.2) is 0 Å². The SMILES string of the molecule is Oc1ccc(C2=COc3cc(O)cc(O)c3C3OCC23)cc1. The molecular formula is C17H14O5. The molecule has 4 rings (SSSR count). The van der Waals surface area contributed by atoms with Crippen LogP contribution in [0, 0.1) is 5.92 Å². The number of aromatic hydroxyl groups is 3. The average Bonchev–Trinajstić information content (AvgIpc) is 2.55. The first-order valence-electron chi connectivity index (χ1n) is 6.97. The Kier molecular flexibility index (Phi) is 2.77. The molecule has 3 N–H and O–H groups in total. The molecule has 22 heavy (non-hydrogen) atoms. The first-order valence-corrected chi connectivity index (χ1v) is 6.97. The molecule has 0 aromatic heterocycles. The summed E-state index contributed by atoms with van der Waals surface area (Å²) in [6.45, 7) is 0.528. The predicted octanol–water partition coefficient (Wildman–Crippen LogP) is 2.92. The number of benzene rings is 2. The molecule has 0 bridgehead atoms. The zero-order valence-corrected chi connectivity index (χ0v) is 11.6. The molecule has 1 saturated heterocycles. The van der Waals surface area contributed by atoms with Gasteiger partial charge in [0.25, 0.3) is 0 Å². The Morgan fingerprint density at radius 2 is 1.73 bits per heavy atom. The number of hydrogen-bond acceptors (Lipinski definition) is 5. The van der Waals surface area contributed by atoms with E-state index in [9.17, 15) is 15.3 Å². The summed E-state index contributed by atoms with van der Waals surface area (Å²) < 4.78 is 11.3. The highest BCUT2D eigenvalue weighted by Gasteiger charge is 2.42. The lowest BCUT2D eigenvalue weighted by molar-refractivity contribution is -0.0914. The maximum absolute atomic E-state index is 10.1. The van der Waals surface area contributed by atoms with E-state index in [1.54, 1.807) is 18.4 Å². The van der Waals surface area contributed by atoms with E-state index < -0.39 is 0 Å². The third-order valence-corrected chi connectivity index (χ3v) is 4.12. The van der Waals surface area contributed by atoms with Gasteiger partial charge in [-0.3, -0.25) is 0 Å². The van der Waals surface area contributed by atoms with E-state index in [1.807, 2.05) is 12.1 Å². The van der Waals surface area contributed by atoms with E-state index in [2.05, 4.69) is 0 Å². The van der Waals surface area contributed by atoms with Crippen molar-refractivity contribution in [2.24, 2.45) is 5.92 Å². The fraction of sp³-hybridized carbons (Fsp3) is 0.176. The fourth-order valence-corrected chi connectivity index (χ4v) is 2.96. The highest BCUT2D eigenvalue weighted by atomic mass is 16.5. The van der Waals surface area contributed by atoms with Gasteiger partial charge in [-0.1, -0.05) is 12.1 Å². The van der Waals surface area contributed by atoms with Gasteiger partial charge in [0.1, 0.15) is 23.0 Å². The molecule has 0 spiro atoms. The van der Waals surface area contributed by atoms with E-state index in [-0.39, 0.29) is 29.3 Å². The van der Waals surface area contributed by atoms with Gasteiger partial charge in [0.15, 0.2) is 0 Å². The minimum atomic E-state index is -0.307. The van der Waals surface area contributed by atoms with Crippen LogP contribution in [0.4, 0.5) is 0 Å². The van der Waals surface area contributed by atoms with Gasteiger partial charge in [0, 0.05) is 23.6 Å². The molecule has 2 atom stereocenters. The van der Waals surface area contributed by atoms with Crippen LogP contribution in [0.3, 0.4) is 0 Å². The van der Waals surface area contributed by atoms with E-state index in [0.29, 0.717) is 17.9 Å². The van der Waals surface area contributed by atoms with Crippen molar-refractivity contribution in [2.45, 2.75) is 6.10 Å². The molecule has 2 aliphatic heterocycles. The van der Waals surface area contributed by atoms with Crippen LogP contribution >= 0.6 is 0 Å². The first-order chi connectivity index (χ1) is 10.6. The van der Waals surface area contributed by atoms with Crippen LogP contribution in [0.1, 0.15) is 17.2 Å². The Labute approximate surface area is 126 Å². The Hall–Kier alpha value is -2.66. The zero-order valence-electron chi connectivity index (χ0n) is 11.6. The third kappa shape index (κ3) is 1.90. The second-order valence-electron chi connectivity index (χ2n) is 5.48. The molecule has 5 nitrogen and oxygen atoms in total. The Bertz CT molecular complexity index is 763. The highest BCUT2D eigenvalue weighted by Crippen LogP contribution is 2.52. The van der Waals surface area contributed by atoms with Crippen LogP contribution in [-0.4, -0.2) is 21.9 Å². The lowest BCUT2D eigenvalue weighted by atomic mass is 9.82. The molecule has 2 heterocycles. The first kappa shape index (κ1) is 13.0. The maximum atomic E-state index is 10.1. The Morgan fingerprint density at radius 1 is 0.955 bits per heavy atom. The second kappa shape index (κ2) is 4.68. The highest BCUT2D eigenvalue weighted by molar-refractivity contribution is 5.71. The molecule has 0 saturated carbocycles. The summed E-state index contributed by atoms with van der Waals surface area (Å²) in [6, 6.07) is 9.61. The van der Waals surface area contributed by atoms with Crippen LogP contribution in [0.25, 0.3) is 5.57 Å². The maximum Gasteiger partial charge on any atom is 0.139 e. The molecule has 2 aliphatic rings. The molecule has 0 amide bonds. The minimum absolute atomic E-state index is 0.0370. The van der Waals surface area contributed by atoms with Crippen molar-refractivity contribution in [3.8, 4) is 23.0 Å². The predicted molar refractivity (Wildman–Crippen MR) is 78.7 cm³/mol. The van der Waals surface area contributed by atoms with Crippen LogP contribution in [-0.2, 0) is 4.74 Å². The van der Waals surface area contributed by atoms with E-state index in [4.69, 9.17) is 9.47 Å². The van der Waals surface area contributed by atoms with Crippen LogP contribution < -0.4 is 4.74 Å². The molecule has 5 heteroatoms. The molecule has 2 aromatic carbocycles. The summed E-state index contributed by atoms with van der Waals surface area (Å²) in [5.74, 6) is 0.548. The van der Waals surface area contributed by atoms with Gasteiger partial charge in [-0.05, 0) is 17.7 Å². The number of rotatable bonds is 1. The van der Waals surface area contributed by atoms with E-state index in [0.717, 1.165) is 11.1 Å². The van der Waals surface area contributed by atoms with Crippen molar-refractivity contribution in [2.75, 3.05) is 6.61 Å². The smallest absolute Gasteiger partial charge is 0.139 e. The zero-order chi connectivity index (χ0) is 15.3. The van der Waals surface area contributed by atoms with Crippen LogP contribution in [0.15, 0.2) is 42.7 Å². The molecule has 2 aromatic rings. The largest absolute Gasteiger partial charge is 0.508 e. The molecule has 1 fully saturated rings. The standard InChI is InChI=1S/C17H14O5/c18-10-3-1-9(2-4-10)12-7-21-15-6-11(19)5-14(20)16(15)17-13(12)8-22-17/h1-7,13,17-20H,8H2. The van der Waals surface area contributed by atoms with Crippen molar-refractivity contribution in [1.29, 1.82) is 0 Å². The van der Waals surface area contributed by atoms with Crippen molar-refractivity contribution in [3.05, 3.63) is 53.8 Å². The van der Waals surface area contributed by atoms with Gasteiger partial charge in [0.2, 0.25) is 0 Å². The molecule has 2 unspecified atom stereocenters. The topological polar surface area (TPSA) is 79.2 Å². The number of ether oxygens (including phenoxy) is 2. The number of hydrogen-bond donors (Lipinski definition) is 3. The summed E-state index contributed by atoms with van der Waals surface area (Å²) in [6.07, 6.45) is 1.32. The normalized spacial score (nSPS) is 22.5. The Balaban J connectivity index is 1.79. The summed E-state index contributed by atoms with van der Waals surface area (Å²) in [4.78, 5) is 0. The van der Waals surface area contributed by atoms with Crippen molar-refractivity contribution in [3.63, 3.8) is 0 Å². The summed E-state index contributed by atoms with van der Waals surface area (Å²) >= 11 is 0. The van der Waals surface area contributed by atoms with Crippen molar-refractivity contribution >= 4 is 5.57 Å². The molecule has 112 valence electrons. The quantitative estimate of drug-likeness (QED) is 0.754. The van der Waals surface area contributed by atoms with Gasteiger partial charge in [0.05, 0.1) is 24.5 Å². The van der Waals surface area contributed by atoms with E-state index in [1.165, 1.54) is 12.1 Å². The summed E-state index contributed by atoms with van der Waals surface area (Å²) in [5.41, 5.74) is 2.41. The third-order valence-electron chi connectivity index (χ3n) is 4.12. The van der Waals surface area contributed by atoms with Gasteiger partial charge >= 0.3 is 0 Å². The Morgan fingerprint density at radius 3 is 2.41 bits per heavy atom. The second-order valence-corrected chi connectivity index (χ2v) is 5.48. The number of phenolic OH excluding ortho intramolecular Hbond substituents is 3.